The van der Waals surface area contributed by atoms with Crippen LogP contribution in [0, 0.1) is 10.1 Å². The highest BCUT2D eigenvalue weighted by atomic mass is 16.6. The smallest absolute Gasteiger partial charge is 0.372 e. The number of hydrogen-bond donors (Lipinski definition) is 2. The van der Waals surface area contributed by atoms with Crippen LogP contribution in [-0.4, -0.2) is 40.5 Å². The van der Waals surface area contributed by atoms with Gasteiger partial charge in [0.25, 0.3) is 5.88 Å². The molecule has 0 bridgehead atoms. The van der Waals surface area contributed by atoms with Crippen LogP contribution in [0.4, 0.5) is 11.5 Å². The maximum Gasteiger partial charge on any atom is 0.372 e. The number of nitro groups is 1. The molecular weight excluding hydrogens is 242 g/mol. The first-order valence-corrected chi connectivity index (χ1v) is 5.18. The van der Waals surface area contributed by atoms with Crippen molar-refractivity contribution in [3.8, 4) is 5.88 Å². The van der Waals surface area contributed by atoms with Crippen LogP contribution in [0.25, 0.3) is 0 Å². The molecular formula is C9H11N5O4. The lowest BCUT2D eigenvalue weighted by Crippen LogP contribution is -2.23. The SMILES string of the molecule is COc1ncnc(NC2CNC(=O)C2)c1[N+](=O)[O-]. The van der Waals surface area contributed by atoms with Gasteiger partial charge in [-0.1, -0.05) is 0 Å². The number of methoxy groups -OCH3 is 1. The van der Waals surface area contributed by atoms with E-state index in [0.29, 0.717) is 6.54 Å². The fraction of sp³-hybridized carbons (Fsp3) is 0.444. The molecule has 96 valence electrons. The standard InChI is InChI=1S/C9H11N5O4/c1-18-9-7(14(16)17)8(11-4-12-9)13-5-2-6(15)10-3-5/h4-5H,2-3H2,1H3,(H,10,15)(H,11,12,13). The molecule has 1 aromatic rings. The number of hydrogen-bond acceptors (Lipinski definition) is 7. The van der Waals surface area contributed by atoms with E-state index >= 15 is 0 Å². The molecule has 1 saturated heterocycles. The van der Waals surface area contributed by atoms with Gasteiger partial charge >= 0.3 is 5.69 Å². The van der Waals surface area contributed by atoms with Gasteiger partial charge in [0.15, 0.2) is 0 Å². The van der Waals surface area contributed by atoms with Gasteiger partial charge in [-0.3, -0.25) is 14.9 Å². The number of nitrogens with zero attached hydrogens (tertiary/aromatic N) is 3. The first-order chi connectivity index (χ1) is 8.61. The molecule has 0 aromatic carbocycles. The topological polar surface area (TPSA) is 119 Å². The van der Waals surface area contributed by atoms with Gasteiger partial charge in [0.2, 0.25) is 11.7 Å². The highest BCUT2D eigenvalue weighted by Crippen LogP contribution is 2.31. The van der Waals surface area contributed by atoms with Crippen LogP contribution in [0.3, 0.4) is 0 Å². The summed E-state index contributed by atoms with van der Waals surface area (Å²) in [5.41, 5.74) is -0.334. The number of carbonyl (C=O) groups excluding carboxylic acids is 1. The summed E-state index contributed by atoms with van der Waals surface area (Å²) in [4.78, 5) is 28.9. The van der Waals surface area contributed by atoms with E-state index in [4.69, 9.17) is 4.74 Å². The summed E-state index contributed by atoms with van der Waals surface area (Å²) in [6.45, 7) is 0.405. The van der Waals surface area contributed by atoms with Gasteiger partial charge in [-0.15, -0.1) is 0 Å². The van der Waals surface area contributed by atoms with Crippen LogP contribution in [0.1, 0.15) is 6.42 Å². The molecule has 9 heteroatoms. The van der Waals surface area contributed by atoms with Crippen molar-refractivity contribution in [1.29, 1.82) is 0 Å². The summed E-state index contributed by atoms with van der Waals surface area (Å²) >= 11 is 0. The number of anilines is 1. The maximum atomic E-state index is 11.0. The third-order valence-electron chi connectivity index (χ3n) is 2.48. The van der Waals surface area contributed by atoms with E-state index < -0.39 is 4.92 Å². The molecule has 1 atom stereocenters. The lowest BCUT2D eigenvalue weighted by atomic mass is 10.2. The Labute approximate surface area is 102 Å². The van der Waals surface area contributed by atoms with Gasteiger partial charge in [0.1, 0.15) is 6.33 Å². The summed E-state index contributed by atoms with van der Waals surface area (Å²) in [5, 5.41) is 16.4. The Morgan fingerprint density at radius 3 is 2.94 bits per heavy atom. The Bertz CT molecular complexity index is 492. The minimum absolute atomic E-state index is 0.0494. The monoisotopic (exact) mass is 253 g/mol. The van der Waals surface area contributed by atoms with Gasteiger partial charge in [0.05, 0.1) is 18.1 Å². The van der Waals surface area contributed by atoms with E-state index in [0.717, 1.165) is 0 Å². The third kappa shape index (κ3) is 2.29. The van der Waals surface area contributed by atoms with Crippen LogP contribution in [0.15, 0.2) is 6.33 Å². The zero-order valence-corrected chi connectivity index (χ0v) is 9.54. The van der Waals surface area contributed by atoms with Crippen molar-refractivity contribution in [1.82, 2.24) is 15.3 Å². The van der Waals surface area contributed by atoms with Crippen LogP contribution < -0.4 is 15.4 Å². The van der Waals surface area contributed by atoms with E-state index in [9.17, 15) is 14.9 Å². The molecule has 18 heavy (non-hydrogen) atoms. The van der Waals surface area contributed by atoms with Gasteiger partial charge in [-0.25, -0.2) is 4.98 Å². The highest BCUT2D eigenvalue weighted by molar-refractivity contribution is 5.80. The molecule has 9 nitrogen and oxygen atoms in total. The van der Waals surface area contributed by atoms with Crippen molar-refractivity contribution >= 4 is 17.4 Å². The molecule has 1 aliphatic rings. The average molecular weight is 253 g/mol. The second-order valence-corrected chi connectivity index (χ2v) is 3.69. The Kier molecular flexibility index (Phi) is 3.22. The number of rotatable bonds is 4. The molecule has 1 unspecified atom stereocenters. The molecule has 2 rings (SSSR count). The number of carbonyl (C=O) groups is 1. The maximum absolute atomic E-state index is 11.0. The molecule has 1 aliphatic heterocycles. The van der Waals surface area contributed by atoms with E-state index in [1.165, 1.54) is 13.4 Å². The van der Waals surface area contributed by atoms with Crippen molar-refractivity contribution in [3.05, 3.63) is 16.4 Å². The normalized spacial score (nSPS) is 18.3. The van der Waals surface area contributed by atoms with Crippen LogP contribution in [-0.2, 0) is 4.79 Å². The first-order valence-electron chi connectivity index (χ1n) is 5.18. The van der Waals surface area contributed by atoms with E-state index in [-0.39, 0.29) is 35.8 Å². The van der Waals surface area contributed by atoms with E-state index in [1.807, 2.05) is 0 Å². The summed E-state index contributed by atoms with van der Waals surface area (Å²) < 4.78 is 4.82. The summed E-state index contributed by atoms with van der Waals surface area (Å²) in [5.74, 6) is -0.167. The second-order valence-electron chi connectivity index (χ2n) is 3.69. The minimum atomic E-state index is -0.620. The fourth-order valence-electron chi connectivity index (χ4n) is 1.68. The van der Waals surface area contributed by atoms with Gasteiger partial charge in [0, 0.05) is 13.0 Å². The lowest BCUT2D eigenvalue weighted by molar-refractivity contribution is -0.385. The minimum Gasteiger partial charge on any atom is -0.476 e. The van der Waals surface area contributed by atoms with E-state index in [2.05, 4.69) is 20.6 Å². The first kappa shape index (κ1) is 12.0. The third-order valence-corrected chi connectivity index (χ3v) is 2.48. The molecule has 1 amide bonds. The predicted molar refractivity (Wildman–Crippen MR) is 60.3 cm³/mol. The quantitative estimate of drug-likeness (QED) is 0.558. The van der Waals surface area contributed by atoms with Crippen molar-refractivity contribution in [2.45, 2.75) is 12.5 Å². The molecule has 2 N–H and O–H groups in total. The molecule has 1 aromatic heterocycles. The number of ether oxygens (including phenoxy) is 1. The van der Waals surface area contributed by atoms with Gasteiger partial charge in [-0.05, 0) is 0 Å². The zero-order valence-electron chi connectivity index (χ0n) is 9.54. The van der Waals surface area contributed by atoms with Gasteiger partial charge in [-0.2, -0.15) is 4.98 Å². The molecule has 0 aliphatic carbocycles. The van der Waals surface area contributed by atoms with Crippen molar-refractivity contribution in [3.63, 3.8) is 0 Å². The highest BCUT2D eigenvalue weighted by Gasteiger charge is 2.28. The Balaban J connectivity index is 2.26. The summed E-state index contributed by atoms with van der Waals surface area (Å²) in [6, 6.07) is -0.226. The lowest BCUT2D eigenvalue weighted by Gasteiger charge is -2.11. The van der Waals surface area contributed by atoms with Crippen molar-refractivity contribution in [2.75, 3.05) is 19.0 Å². The van der Waals surface area contributed by atoms with E-state index in [1.54, 1.807) is 0 Å². The summed E-state index contributed by atoms with van der Waals surface area (Å²) in [6.07, 6.45) is 1.42. The van der Waals surface area contributed by atoms with Crippen LogP contribution in [0.5, 0.6) is 5.88 Å². The Morgan fingerprint density at radius 2 is 2.39 bits per heavy atom. The average Bonchev–Trinajstić information content (AvgIpc) is 2.74. The van der Waals surface area contributed by atoms with Crippen LogP contribution in [0.2, 0.25) is 0 Å². The van der Waals surface area contributed by atoms with Crippen molar-refractivity contribution < 1.29 is 14.5 Å². The molecule has 0 saturated carbocycles. The largest absolute Gasteiger partial charge is 0.476 e. The predicted octanol–water partition coefficient (Wildman–Crippen LogP) is -0.306. The van der Waals surface area contributed by atoms with Crippen LogP contribution >= 0.6 is 0 Å². The van der Waals surface area contributed by atoms with Gasteiger partial charge < -0.3 is 15.4 Å². The molecule has 2 heterocycles. The Morgan fingerprint density at radius 1 is 1.61 bits per heavy atom. The Hall–Kier alpha value is -2.45. The second kappa shape index (κ2) is 4.82. The number of nitrogens with one attached hydrogen (secondary N) is 2. The number of amides is 1. The van der Waals surface area contributed by atoms with Crippen molar-refractivity contribution in [2.24, 2.45) is 0 Å². The summed E-state index contributed by atoms with van der Waals surface area (Å²) in [7, 11) is 1.29. The fourth-order valence-corrected chi connectivity index (χ4v) is 1.68. The number of aromatic nitrogens is 2. The molecule has 0 radical (unpaired) electrons. The molecule has 0 spiro atoms. The zero-order chi connectivity index (χ0) is 13.1. The molecule has 1 fully saturated rings.